The molecule has 5 aliphatic heterocycles. The van der Waals surface area contributed by atoms with E-state index in [0.717, 1.165) is 12.7 Å². The van der Waals surface area contributed by atoms with E-state index in [1.807, 2.05) is 0 Å². The number of hydrogen-bond acceptors (Lipinski definition) is 18. The van der Waals surface area contributed by atoms with Crippen LogP contribution in [0, 0.1) is 0 Å². The number of fused-ring (bicyclic) bond motifs is 11. The first-order valence-corrected chi connectivity index (χ1v) is 20.4. The van der Waals surface area contributed by atoms with Crippen molar-refractivity contribution in [2.75, 3.05) is 36.9 Å². The van der Waals surface area contributed by atoms with Gasteiger partial charge in [-0.2, -0.15) is 0 Å². The molecule has 4 aromatic rings. The number of rotatable bonds is 0. The molecule has 3 fully saturated rings. The van der Waals surface area contributed by atoms with Gasteiger partial charge in [-0.05, 0) is 0 Å². The van der Waals surface area contributed by atoms with Gasteiger partial charge >= 0.3 is 13.6 Å². The van der Waals surface area contributed by atoms with Gasteiger partial charge in [-0.3, -0.25) is 27.2 Å². The lowest BCUT2D eigenvalue weighted by Crippen LogP contribution is -2.37. The highest BCUT2D eigenvalue weighted by Gasteiger charge is 2.54. The van der Waals surface area contributed by atoms with E-state index in [4.69, 9.17) is 27.6 Å². The highest BCUT2D eigenvalue weighted by atomic mass is 32.7. The number of nitrogens with one attached hydrogen (secondary N) is 2. The molecule has 5 aliphatic rings. The smallest absolute Gasteiger partial charge is 0.386 e. The molecule has 9 heterocycles. The second kappa shape index (κ2) is 13.1. The van der Waals surface area contributed by atoms with Crippen LogP contribution < -0.4 is 10.6 Å². The van der Waals surface area contributed by atoms with E-state index < -0.39 is 88.2 Å². The third kappa shape index (κ3) is 6.28. The molecule has 0 aromatic carbocycles. The number of anilines is 2. The van der Waals surface area contributed by atoms with Gasteiger partial charge in [0.1, 0.15) is 37.1 Å². The Morgan fingerprint density at radius 1 is 0.720 bits per heavy atom. The molecule has 50 heavy (non-hydrogen) atoms. The molecule has 0 radical (unpaired) electrons. The van der Waals surface area contributed by atoms with Gasteiger partial charge < -0.3 is 30.3 Å². The topological polar surface area (TPSA) is 241 Å². The van der Waals surface area contributed by atoms with Crippen LogP contribution in [0.5, 0.6) is 0 Å². The average Bonchev–Trinajstić information content (AvgIpc) is 3.85. The van der Waals surface area contributed by atoms with Gasteiger partial charge in [0.2, 0.25) is 0 Å². The first-order chi connectivity index (χ1) is 23.9. The van der Waals surface area contributed by atoms with Crippen molar-refractivity contribution < 1.29 is 55.7 Å². The van der Waals surface area contributed by atoms with E-state index in [0.29, 0.717) is 0 Å². The first-order valence-electron chi connectivity index (χ1n) is 15.0. The van der Waals surface area contributed by atoms with Crippen LogP contribution in [0.25, 0.3) is 22.3 Å². The van der Waals surface area contributed by atoms with Gasteiger partial charge in [0.25, 0.3) is 0 Å². The summed E-state index contributed by atoms with van der Waals surface area (Å²) in [6.45, 7) is -10.6. The normalized spacial score (nSPS) is 39.6. The first kappa shape index (κ1) is 34.5. The van der Waals surface area contributed by atoms with Crippen LogP contribution in [0.15, 0.2) is 25.3 Å². The number of aliphatic hydroxyl groups excluding tert-OH is 2. The van der Waals surface area contributed by atoms with Crippen molar-refractivity contribution in [1.29, 1.82) is 0 Å². The van der Waals surface area contributed by atoms with Crippen molar-refractivity contribution >= 4 is 72.1 Å². The number of aromatic nitrogens is 8. The number of alkyl halides is 2. The van der Waals surface area contributed by atoms with Gasteiger partial charge in [-0.25, -0.2) is 47.8 Å². The molecular formula is C24H28F2N10O10P2S2. The fourth-order valence-corrected chi connectivity index (χ4v) is 9.03. The summed E-state index contributed by atoms with van der Waals surface area (Å²) in [5.41, 5.74) is 0.492. The summed E-state index contributed by atoms with van der Waals surface area (Å²) in [6, 6.07) is 0. The molecule has 9 rings (SSSR count). The zero-order chi connectivity index (χ0) is 34.9. The highest BCUT2D eigenvalue weighted by molar-refractivity contribution is 8.44. The van der Waals surface area contributed by atoms with E-state index >= 15 is 8.78 Å². The molecule has 270 valence electrons. The maximum Gasteiger partial charge on any atom is 0.386 e. The van der Waals surface area contributed by atoms with Crippen LogP contribution in [-0.2, 0) is 36.7 Å². The monoisotopic (exact) mass is 780 g/mol. The zero-order valence-corrected chi connectivity index (χ0v) is 28.8. The predicted octanol–water partition coefficient (Wildman–Crippen LogP) is 1.59. The lowest BCUT2D eigenvalue weighted by atomic mass is 10.1. The highest BCUT2D eigenvalue weighted by Crippen LogP contribution is 2.60. The lowest BCUT2D eigenvalue weighted by molar-refractivity contribution is -0.0544. The van der Waals surface area contributed by atoms with Gasteiger partial charge in [0, 0.05) is 13.1 Å². The van der Waals surface area contributed by atoms with Crippen LogP contribution >= 0.6 is 38.1 Å². The summed E-state index contributed by atoms with van der Waals surface area (Å²) < 4.78 is 95.8. The van der Waals surface area contributed by atoms with Crippen LogP contribution in [0.4, 0.5) is 20.4 Å². The van der Waals surface area contributed by atoms with E-state index in [1.165, 1.54) is 21.8 Å². The molecule has 4 aromatic heterocycles. The Hall–Kier alpha value is -2.60. The minimum Gasteiger partial charge on any atom is -0.389 e. The quantitative estimate of drug-likeness (QED) is 0.110. The minimum atomic E-state index is -4.43. The molecule has 0 amide bonds. The lowest BCUT2D eigenvalue weighted by Gasteiger charge is -2.28. The average molecular weight is 781 g/mol. The summed E-state index contributed by atoms with van der Waals surface area (Å²) in [4.78, 5) is 25.3. The van der Waals surface area contributed by atoms with Crippen molar-refractivity contribution in [1.82, 2.24) is 39.0 Å². The van der Waals surface area contributed by atoms with Crippen molar-refractivity contribution in [2.45, 2.75) is 61.4 Å². The number of hydrogen-bond donors (Lipinski definition) is 6. The maximum atomic E-state index is 16.3. The number of ether oxygens (including phenoxy) is 2. The molecule has 14 bridgehead atoms. The standard InChI is InChI=1S/C24H28F2N10O10P2S2/c25-13-17-11-3-41-48(40,50)46-18-12(4-42-47(39,49)45-17)44-24(14(18)26)36-8-34-16-20(30-6-32-22(16)36)28-2-10(38)9(37)1-27-19-15-21(31-5-29-19)35(7-33-15)23(13)43-11/h5-14,17-18,23-24,37-38H,1-4H2,(H,39,49)(H,40,50)(H,27,29,31)(H,28,30,32)/t9-,10-,11?,12?,13+,14+,17+,18+,23+,24+,47-,48+/m0/s1. The molecule has 2 unspecified atom stereocenters. The predicted molar refractivity (Wildman–Crippen MR) is 172 cm³/mol. The molecule has 4 N–H and O–H groups in total. The molecule has 3 saturated heterocycles. The van der Waals surface area contributed by atoms with Gasteiger partial charge in [-0.1, -0.05) is 24.5 Å². The molecule has 12 atom stereocenters. The number of aliphatic hydroxyl groups is 2. The second-order valence-corrected chi connectivity index (χ2v) is 17.4. The second-order valence-electron chi connectivity index (χ2n) is 11.7. The zero-order valence-electron chi connectivity index (χ0n) is 25.2. The minimum absolute atomic E-state index is 0.0915. The van der Waals surface area contributed by atoms with Crippen LogP contribution in [-0.4, -0.2) is 125 Å². The summed E-state index contributed by atoms with van der Waals surface area (Å²) in [6.07, 6.45) is -11.2. The summed E-state index contributed by atoms with van der Waals surface area (Å²) in [5, 5.41) is 27.3. The Labute approximate surface area is 290 Å². The van der Waals surface area contributed by atoms with Crippen LogP contribution in [0.1, 0.15) is 12.5 Å². The Morgan fingerprint density at radius 3 is 1.56 bits per heavy atom. The maximum absolute atomic E-state index is 16.3. The molecule has 0 spiro atoms. The Balaban J connectivity index is 1.21. The van der Waals surface area contributed by atoms with Gasteiger partial charge in [0.15, 0.2) is 58.8 Å². The molecule has 0 aliphatic carbocycles. The largest absolute Gasteiger partial charge is 0.389 e. The Morgan fingerprint density at radius 2 is 1.14 bits per heavy atom. The van der Waals surface area contributed by atoms with E-state index in [-0.39, 0.29) is 47.1 Å². The molecule has 0 saturated carbocycles. The van der Waals surface area contributed by atoms with E-state index in [1.54, 1.807) is 0 Å². The van der Waals surface area contributed by atoms with Crippen molar-refractivity contribution in [3.05, 3.63) is 25.3 Å². The Bertz CT molecular complexity index is 1880. The fraction of sp³-hybridized carbons (Fsp3) is 0.583. The van der Waals surface area contributed by atoms with Crippen molar-refractivity contribution in [3.8, 4) is 0 Å². The summed E-state index contributed by atoms with van der Waals surface area (Å²) >= 11 is 8.06. The molecule has 26 heteroatoms. The SMILES string of the molecule is O=[P@]1(S)OCC2O[C@@H]3[C@H](F)[C@@H]2O[P@](=O)(S)OCC2O[C@H]([C@H](F)[C@@H]2O1)n1cnc2c(ncnc21)NC[C@H](O)[C@@H](O)CNc1ncnc2c1ncn23. The number of imidazole rings is 2. The molecular weight excluding hydrogens is 752 g/mol. The van der Waals surface area contributed by atoms with Crippen LogP contribution in [0.2, 0.25) is 0 Å². The van der Waals surface area contributed by atoms with Gasteiger partial charge in [0.05, 0.1) is 38.1 Å². The third-order valence-corrected chi connectivity index (χ3v) is 11.7. The number of halogens is 2. The summed E-state index contributed by atoms with van der Waals surface area (Å²) in [7, 11) is 0. The summed E-state index contributed by atoms with van der Waals surface area (Å²) in [5.74, 6) is 0.292. The van der Waals surface area contributed by atoms with E-state index in [2.05, 4.69) is 65.0 Å². The number of thiol groups is 2. The fourth-order valence-electron chi connectivity index (χ4n) is 6.07. The van der Waals surface area contributed by atoms with Crippen molar-refractivity contribution in [3.63, 3.8) is 0 Å². The Kier molecular flexibility index (Phi) is 9.04. The van der Waals surface area contributed by atoms with E-state index in [9.17, 15) is 19.3 Å². The number of nitrogens with zero attached hydrogens (tertiary/aromatic N) is 8. The van der Waals surface area contributed by atoms with Gasteiger partial charge in [-0.15, -0.1) is 0 Å². The molecule has 20 nitrogen and oxygen atoms in total. The van der Waals surface area contributed by atoms with Crippen molar-refractivity contribution in [2.24, 2.45) is 0 Å². The van der Waals surface area contributed by atoms with Crippen LogP contribution in [0.3, 0.4) is 0 Å². The third-order valence-electron chi connectivity index (χ3n) is 8.51.